The van der Waals surface area contributed by atoms with Crippen molar-refractivity contribution < 1.29 is 8.42 Å². The molecule has 0 atom stereocenters. The van der Waals surface area contributed by atoms with Crippen molar-refractivity contribution in [1.29, 1.82) is 0 Å². The Morgan fingerprint density at radius 2 is 1.78 bits per heavy atom. The monoisotopic (exact) mass is 384 g/mol. The third-order valence-electron chi connectivity index (χ3n) is 4.80. The molecule has 1 heterocycles. The van der Waals surface area contributed by atoms with Crippen LogP contribution in [0.3, 0.4) is 0 Å². The fraction of sp³-hybridized carbons (Fsp3) is 0.364. The molecule has 144 valence electrons. The molecule has 3 rings (SSSR count). The van der Waals surface area contributed by atoms with Crippen LogP contribution in [0.5, 0.6) is 0 Å². The van der Waals surface area contributed by atoms with Gasteiger partial charge in [0, 0.05) is 33.4 Å². The van der Waals surface area contributed by atoms with Crippen LogP contribution in [-0.4, -0.2) is 19.2 Å². The molecule has 0 fully saturated rings. The number of sulfonamides is 1. The number of aromatic nitrogens is 1. The molecule has 0 aliphatic carbocycles. The molecular formula is C22H28N2O2S. The largest absolute Gasteiger partial charge is 0.339 e. The molecule has 4 nitrogen and oxygen atoms in total. The van der Waals surface area contributed by atoms with Crippen LogP contribution in [0.1, 0.15) is 39.0 Å². The molecule has 0 spiro atoms. The van der Waals surface area contributed by atoms with E-state index in [0.717, 1.165) is 17.5 Å². The summed E-state index contributed by atoms with van der Waals surface area (Å²) in [7, 11) is -3.31. The minimum absolute atomic E-state index is 0.0586. The fourth-order valence-corrected chi connectivity index (χ4v) is 4.42. The van der Waals surface area contributed by atoms with Crippen LogP contribution in [0.2, 0.25) is 0 Å². The summed E-state index contributed by atoms with van der Waals surface area (Å²) >= 11 is 0. The first-order chi connectivity index (χ1) is 12.5. The second-order valence-electron chi connectivity index (χ2n) is 8.13. The first kappa shape index (κ1) is 19.5. The van der Waals surface area contributed by atoms with Gasteiger partial charge in [-0.05, 0) is 69.5 Å². The quantitative estimate of drug-likeness (QED) is 0.663. The SMILES string of the molecule is CCc1ccc2c(c1)c(-c1cccc(NS(C)(=O)=O)c1)c(C)n2C(C)(C)C. The molecule has 5 heteroatoms. The van der Waals surface area contributed by atoms with Crippen LogP contribution in [0.25, 0.3) is 22.0 Å². The summed E-state index contributed by atoms with van der Waals surface area (Å²) in [5, 5.41) is 1.21. The van der Waals surface area contributed by atoms with E-state index in [9.17, 15) is 8.42 Å². The van der Waals surface area contributed by atoms with Crippen molar-refractivity contribution in [2.75, 3.05) is 11.0 Å². The minimum atomic E-state index is -3.31. The normalized spacial score (nSPS) is 12.5. The standard InChI is InChI=1S/C22H28N2O2S/c1-7-16-11-12-20-19(13-16)21(15(2)24(20)22(3,4)5)17-9-8-10-18(14-17)23-27(6,25)26/h8-14,23H,7H2,1-6H3. The topological polar surface area (TPSA) is 51.1 Å². The Balaban J connectivity index is 2.31. The predicted molar refractivity (Wildman–Crippen MR) is 115 cm³/mol. The van der Waals surface area contributed by atoms with Crippen LogP contribution < -0.4 is 4.72 Å². The van der Waals surface area contributed by atoms with Crippen LogP contribution in [-0.2, 0) is 22.0 Å². The van der Waals surface area contributed by atoms with Crippen LogP contribution in [0, 0.1) is 6.92 Å². The molecule has 1 N–H and O–H groups in total. The summed E-state index contributed by atoms with van der Waals surface area (Å²) in [6.07, 6.45) is 2.15. The molecule has 0 aliphatic rings. The van der Waals surface area contributed by atoms with E-state index in [1.54, 1.807) is 6.07 Å². The number of nitrogens with zero attached hydrogens (tertiary/aromatic N) is 1. The number of anilines is 1. The second-order valence-corrected chi connectivity index (χ2v) is 9.88. The lowest BCUT2D eigenvalue weighted by molar-refractivity contribution is 0.403. The van der Waals surface area contributed by atoms with Gasteiger partial charge in [0.2, 0.25) is 10.0 Å². The molecule has 1 aromatic heterocycles. The maximum absolute atomic E-state index is 11.6. The smallest absolute Gasteiger partial charge is 0.229 e. The van der Waals surface area contributed by atoms with E-state index in [-0.39, 0.29) is 5.54 Å². The van der Waals surface area contributed by atoms with Gasteiger partial charge in [-0.2, -0.15) is 0 Å². The Morgan fingerprint density at radius 1 is 1.07 bits per heavy atom. The van der Waals surface area contributed by atoms with Crippen LogP contribution >= 0.6 is 0 Å². The lowest BCUT2D eigenvalue weighted by Gasteiger charge is -2.25. The van der Waals surface area contributed by atoms with Gasteiger partial charge >= 0.3 is 0 Å². The van der Waals surface area contributed by atoms with E-state index in [1.165, 1.54) is 28.4 Å². The van der Waals surface area contributed by atoms with E-state index in [2.05, 4.69) is 62.1 Å². The number of fused-ring (bicyclic) bond motifs is 1. The second kappa shape index (κ2) is 6.71. The third kappa shape index (κ3) is 3.88. The zero-order chi connectivity index (χ0) is 20.0. The van der Waals surface area contributed by atoms with E-state index in [0.29, 0.717) is 5.69 Å². The van der Waals surface area contributed by atoms with Crippen LogP contribution in [0.15, 0.2) is 42.5 Å². The first-order valence-corrected chi connectivity index (χ1v) is 11.1. The highest BCUT2D eigenvalue weighted by Gasteiger charge is 2.23. The molecule has 2 aromatic carbocycles. The van der Waals surface area contributed by atoms with Gasteiger partial charge in [0.25, 0.3) is 0 Å². The molecule has 0 saturated heterocycles. The van der Waals surface area contributed by atoms with Gasteiger partial charge in [0.05, 0.1) is 6.26 Å². The number of benzene rings is 2. The first-order valence-electron chi connectivity index (χ1n) is 9.24. The predicted octanol–water partition coefficient (Wildman–Crippen LogP) is 5.31. The zero-order valence-corrected chi connectivity index (χ0v) is 17.7. The summed E-state index contributed by atoms with van der Waals surface area (Å²) < 4.78 is 28.2. The third-order valence-corrected chi connectivity index (χ3v) is 5.41. The number of hydrogen-bond donors (Lipinski definition) is 1. The Labute approximate surface area is 162 Å². The van der Waals surface area contributed by atoms with Crippen molar-refractivity contribution in [3.8, 4) is 11.1 Å². The van der Waals surface area contributed by atoms with Crippen molar-refractivity contribution in [3.05, 3.63) is 53.7 Å². The Kier molecular flexibility index (Phi) is 4.85. The van der Waals surface area contributed by atoms with Crippen molar-refractivity contribution >= 4 is 26.6 Å². The average molecular weight is 385 g/mol. The highest BCUT2D eigenvalue weighted by Crippen LogP contribution is 2.39. The lowest BCUT2D eigenvalue weighted by Crippen LogP contribution is -2.22. The van der Waals surface area contributed by atoms with E-state index in [4.69, 9.17) is 0 Å². The van der Waals surface area contributed by atoms with Gasteiger partial charge in [0.15, 0.2) is 0 Å². The summed E-state index contributed by atoms with van der Waals surface area (Å²) in [6.45, 7) is 10.9. The maximum atomic E-state index is 11.6. The number of hydrogen-bond acceptors (Lipinski definition) is 2. The summed E-state index contributed by atoms with van der Waals surface area (Å²) in [4.78, 5) is 0. The molecular weight excluding hydrogens is 356 g/mol. The van der Waals surface area contributed by atoms with E-state index < -0.39 is 10.0 Å². The van der Waals surface area contributed by atoms with Gasteiger partial charge in [-0.1, -0.05) is 25.1 Å². The van der Waals surface area contributed by atoms with Gasteiger partial charge in [-0.25, -0.2) is 8.42 Å². The molecule has 3 aromatic rings. The van der Waals surface area contributed by atoms with Crippen molar-refractivity contribution in [3.63, 3.8) is 0 Å². The van der Waals surface area contributed by atoms with E-state index in [1.807, 2.05) is 18.2 Å². The highest BCUT2D eigenvalue weighted by atomic mass is 32.2. The van der Waals surface area contributed by atoms with Crippen LogP contribution in [0.4, 0.5) is 5.69 Å². The Bertz CT molecular complexity index is 1100. The van der Waals surface area contributed by atoms with Gasteiger partial charge in [-0.15, -0.1) is 0 Å². The molecule has 27 heavy (non-hydrogen) atoms. The lowest BCUT2D eigenvalue weighted by atomic mass is 10.00. The molecule has 0 bridgehead atoms. The number of nitrogens with one attached hydrogen (secondary N) is 1. The van der Waals surface area contributed by atoms with E-state index >= 15 is 0 Å². The molecule has 0 unspecified atom stereocenters. The molecule has 0 radical (unpaired) electrons. The fourth-order valence-electron chi connectivity index (χ4n) is 3.87. The van der Waals surface area contributed by atoms with Gasteiger partial charge < -0.3 is 4.57 Å². The highest BCUT2D eigenvalue weighted by molar-refractivity contribution is 7.92. The van der Waals surface area contributed by atoms with Gasteiger partial charge in [-0.3, -0.25) is 4.72 Å². The number of aryl methyl sites for hydroxylation is 1. The number of rotatable bonds is 4. The Morgan fingerprint density at radius 3 is 2.37 bits per heavy atom. The van der Waals surface area contributed by atoms with Gasteiger partial charge in [0.1, 0.15) is 0 Å². The van der Waals surface area contributed by atoms with Crippen molar-refractivity contribution in [1.82, 2.24) is 4.57 Å². The minimum Gasteiger partial charge on any atom is -0.339 e. The summed E-state index contributed by atoms with van der Waals surface area (Å²) in [5.41, 5.74) is 6.38. The molecule has 0 amide bonds. The zero-order valence-electron chi connectivity index (χ0n) is 16.9. The van der Waals surface area contributed by atoms with Crippen molar-refractivity contribution in [2.45, 2.75) is 46.6 Å². The summed E-state index contributed by atoms with van der Waals surface area (Å²) in [6, 6.07) is 14.3. The maximum Gasteiger partial charge on any atom is 0.229 e. The van der Waals surface area contributed by atoms with Crippen molar-refractivity contribution in [2.24, 2.45) is 0 Å². The Hall–Kier alpha value is -2.27. The molecule has 0 saturated carbocycles. The average Bonchev–Trinajstić information content (AvgIpc) is 2.84. The summed E-state index contributed by atoms with van der Waals surface area (Å²) in [5.74, 6) is 0. The molecule has 0 aliphatic heterocycles.